The number of rotatable bonds is 3. The van der Waals surface area contributed by atoms with Gasteiger partial charge in [0.1, 0.15) is 34.6 Å². The molecule has 10 heteroatoms. The third kappa shape index (κ3) is 5.87. The third-order valence-electron chi connectivity index (χ3n) is 5.03. The Balaban J connectivity index is 1.65. The van der Waals surface area contributed by atoms with Crippen molar-refractivity contribution in [2.75, 3.05) is 0 Å². The van der Waals surface area contributed by atoms with Gasteiger partial charge in [0.15, 0.2) is 0 Å². The number of alkyl halides is 5. The molecule has 0 N–H and O–H groups in total. The highest BCUT2D eigenvalue weighted by Gasteiger charge is 2.41. The lowest BCUT2D eigenvalue weighted by Crippen LogP contribution is -2.25. The Bertz CT molecular complexity index is 1630. The minimum absolute atomic E-state index is 0.218. The molecular formula is C28H11F9O. The van der Waals surface area contributed by atoms with Crippen LogP contribution in [0.5, 0.6) is 5.75 Å². The Morgan fingerprint density at radius 1 is 0.632 bits per heavy atom. The molecule has 192 valence electrons. The van der Waals surface area contributed by atoms with Gasteiger partial charge in [-0.2, -0.15) is 22.0 Å². The summed E-state index contributed by atoms with van der Waals surface area (Å²) in [5.41, 5.74) is -2.59. The van der Waals surface area contributed by atoms with E-state index in [0.29, 0.717) is 23.8 Å². The normalized spacial score (nSPS) is 11.4. The maximum atomic E-state index is 14.8. The summed E-state index contributed by atoms with van der Waals surface area (Å²) in [7, 11) is 0. The molecule has 0 aliphatic carbocycles. The van der Waals surface area contributed by atoms with Gasteiger partial charge in [-0.25, -0.2) is 17.6 Å². The first-order valence-corrected chi connectivity index (χ1v) is 10.5. The van der Waals surface area contributed by atoms with Crippen LogP contribution < -0.4 is 4.74 Å². The SMILES string of the molecule is Fc1cc2cc(OC(F)(F)c3c(F)cc(C#Cc4ccccc4)cc3F)ccc2c(F)c1C#CC(F)(F)F. The van der Waals surface area contributed by atoms with Crippen molar-refractivity contribution in [1.82, 2.24) is 0 Å². The molecule has 0 aliphatic rings. The number of halogens is 9. The van der Waals surface area contributed by atoms with E-state index < -0.39 is 57.8 Å². The highest BCUT2D eigenvalue weighted by Crippen LogP contribution is 2.37. The minimum atomic E-state index is -5.01. The predicted molar refractivity (Wildman–Crippen MR) is 120 cm³/mol. The van der Waals surface area contributed by atoms with Gasteiger partial charge in [0, 0.05) is 22.4 Å². The first kappa shape index (κ1) is 26.5. The average Bonchev–Trinajstić information content (AvgIpc) is 2.81. The maximum Gasteiger partial charge on any atom is 0.458 e. The molecule has 0 saturated carbocycles. The first-order valence-electron chi connectivity index (χ1n) is 10.5. The summed E-state index contributed by atoms with van der Waals surface area (Å²) in [5.74, 6) is 0.204. The molecule has 0 unspecified atom stereocenters. The Morgan fingerprint density at radius 2 is 1.26 bits per heavy atom. The van der Waals surface area contributed by atoms with Crippen LogP contribution in [0.15, 0.2) is 66.7 Å². The zero-order valence-electron chi connectivity index (χ0n) is 18.7. The van der Waals surface area contributed by atoms with E-state index in [1.807, 2.05) is 0 Å². The van der Waals surface area contributed by atoms with Gasteiger partial charge in [-0.3, -0.25) is 0 Å². The summed E-state index contributed by atoms with van der Waals surface area (Å²) < 4.78 is 129. The van der Waals surface area contributed by atoms with Gasteiger partial charge in [0.05, 0.1) is 5.56 Å². The lowest BCUT2D eigenvalue weighted by Gasteiger charge is -2.20. The van der Waals surface area contributed by atoms with Gasteiger partial charge >= 0.3 is 12.3 Å². The smallest absolute Gasteiger partial charge is 0.429 e. The van der Waals surface area contributed by atoms with Crippen LogP contribution in [0, 0.1) is 47.0 Å². The van der Waals surface area contributed by atoms with E-state index in [-0.39, 0.29) is 10.9 Å². The maximum absolute atomic E-state index is 14.8. The van der Waals surface area contributed by atoms with Crippen LogP contribution >= 0.6 is 0 Å². The number of benzene rings is 4. The molecule has 0 atom stereocenters. The fourth-order valence-corrected chi connectivity index (χ4v) is 3.41. The Kier molecular flexibility index (Phi) is 7.01. The second kappa shape index (κ2) is 10.1. The van der Waals surface area contributed by atoms with Crippen molar-refractivity contribution in [2.24, 2.45) is 0 Å². The molecule has 4 rings (SSSR count). The second-order valence-electron chi connectivity index (χ2n) is 7.73. The summed E-state index contributed by atoms with van der Waals surface area (Å²) in [5, 5.41) is -0.828. The number of ether oxygens (including phenoxy) is 1. The lowest BCUT2D eigenvalue weighted by atomic mass is 10.0. The molecule has 0 spiro atoms. The molecule has 1 nitrogen and oxygen atoms in total. The summed E-state index contributed by atoms with van der Waals surface area (Å²) in [6, 6.07) is 12.4. The van der Waals surface area contributed by atoms with Gasteiger partial charge in [0.25, 0.3) is 0 Å². The van der Waals surface area contributed by atoms with Gasteiger partial charge in [-0.1, -0.05) is 36.0 Å². The molecule has 4 aromatic rings. The van der Waals surface area contributed by atoms with Crippen LogP contribution in [-0.4, -0.2) is 6.18 Å². The second-order valence-corrected chi connectivity index (χ2v) is 7.73. The van der Waals surface area contributed by atoms with Crippen molar-refractivity contribution >= 4 is 10.8 Å². The standard InChI is InChI=1S/C28H11F9O/c29-22-15-18-14-19(8-9-20(18)26(32)21(22)10-11-27(33,34)35)38-28(36,37)25-23(30)12-17(13-24(25)31)7-6-16-4-2-1-3-5-16/h1-5,8-9,12-15H. The highest BCUT2D eigenvalue weighted by molar-refractivity contribution is 5.86. The molecule has 0 bridgehead atoms. The van der Waals surface area contributed by atoms with Crippen molar-refractivity contribution in [3.8, 4) is 29.4 Å². The van der Waals surface area contributed by atoms with Crippen molar-refractivity contribution < 1.29 is 44.3 Å². The monoisotopic (exact) mass is 534 g/mol. The molecule has 0 radical (unpaired) electrons. The molecule has 0 saturated heterocycles. The van der Waals surface area contributed by atoms with Crippen molar-refractivity contribution in [3.63, 3.8) is 0 Å². The lowest BCUT2D eigenvalue weighted by molar-refractivity contribution is -0.189. The summed E-state index contributed by atoms with van der Waals surface area (Å²) in [6.07, 6.45) is -9.57. The fraction of sp³-hybridized carbons (Fsp3) is 0.0714. The van der Waals surface area contributed by atoms with Crippen molar-refractivity contribution in [2.45, 2.75) is 12.3 Å². The van der Waals surface area contributed by atoms with E-state index >= 15 is 0 Å². The van der Waals surface area contributed by atoms with Gasteiger partial charge < -0.3 is 4.74 Å². The van der Waals surface area contributed by atoms with Crippen LogP contribution in [0.25, 0.3) is 10.8 Å². The predicted octanol–water partition coefficient (Wildman–Crippen LogP) is 7.84. The summed E-state index contributed by atoms with van der Waals surface area (Å²) >= 11 is 0. The van der Waals surface area contributed by atoms with Gasteiger partial charge in [-0.15, -0.1) is 0 Å². The van der Waals surface area contributed by atoms with Crippen LogP contribution in [0.2, 0.25) is 0 Å². The van der Waals surface area contributed by atoms with E-state index in [2.05, 4.69) is 16.6 Å². The van der Waals surface area contributed by atoms with Crippen LogP contribution in [0.3, 0.4) is 0 Å². The molecule has 0 amide bonds. The Morgan fingerprint density at radius 3 is 1.89 bits per heavy atom. The quantitative estimate of drug-likeness (QED) is 0.192. The van der Waals surface area contributed by atoms with Crippen molar-refractivity contribution in [1.29, 1.82) is 0 Å². The third-order valence-corrected chi connectivity index (χ3v) is 5.03. The zero-order valence-corrected chi connectivity index (χ0v) is 18.7. The van der Waals surface area contributed by atoms with Gasteiger partial charge in [-0.05, 0) is 53.9 Å². The van der Waals surface area contributed by atoms with E-state index in [1.165, 1.54) is 5.92 Å². The summed E-state index contributed by atoms with van der Waals surface area (Å²) in [4.78, 5) is 0. The molecule has 0 heterocycles. The number of hydrogen-bond acceptors (Lipinski definition) is 1. The van der Waals surface area contributed by atoms with Crippen LogP contribution in [0.1, 0.15) is 22.3 Å². The Hall–Kier alpha value is -4.57. The van der Waals surface area contributed by atoms with E-state index in [1.54, 1.807) is 30.3 Å². The highest BCUT2D eigenvalue weighted by atomic mass is 19.4. The molecule has 38 heavy (non-hydrogen) atoms. The Labute approximate surface area is 209 Å². The zero-order chi connectivity index (χ0) is 27.7. The van der Waals surface area contributed by atoms with E-state index in [4.69, 9.17) is 0 Å². The molecule has 0 aliphatic heterocycles. The van der Waals surface area contributed by atoms with Crippen LogP contribution in [-0.2, 0) is 6.11 Å². The summed E-state index contributed by atoms with van der Waals surface area (Å²) in [6.45, 7) is 0. The largest absolute Gasteiger partial charge is 0.458 e. The number of hydrogen-bond donors (Lipinski definition) is 0. The molecular weight excluding hydrogens is 523 g/mol. The molecule has 4 aromatic carbocycles. The average molecular weight is 534 g/mol. The fourth-order valence-electron chi connectivity index (χ4n) is 3.41. The minimum Gasteiger partial charge on any atom is -0.429 e. The molecule has 0 fully saturated rings. The van der Waals surface area contributed by atoms with Crippen molar-refractivity contribution in [3.05, 3.63) is 112 Å². The van der Waals surface area contributed by atoms with Gasteiger partial charge in [0.2, 0.25) is 0 Å². The van der Waals surface area contributed by atoms with E-state index in [9.17, 15) is 39.5 Å². The number of fused-ring (bicyclic) bond motifs is 1. The van der Waals surface area contributed by atoms with E-state index in [0.717, 1.165) is 24.1 Å². The molecule has 0 aromatic heterocycles. The first-order chi connectivity index (χ1) is 17.8. The van der Waals surface area contributed by atoms with Crippen LogP contribution in [0.4, 0.5) is 39.5 Å². The topological polar surface area (TPSA) is 9.23 Å².